The third kappa shape index (κ3) is 4.39. The number of aliphatic hydroxyl groups excluding tert-OH is 1. The lowest BCUT2D eigenvalue weighted by Gasteiger charge is -2.13. The number of methoxy groups -OCH3 is 1. The summed E-state index contributed by atoms with van der Waals surface area (Å²) in [6, 6.07) is 17.4. The van der Waals surface area contributed by atoms with Crippen molar-refractivity contribution in [2.24, 2.45) is 0 Å². The first-order valence-electron chi connectivity index (χ1n) is 8.27. The molecular formula is C20H22N2O3. The molecule has 0 aliphatic heterocycles. The number of aromatic nitrogens is 1. The van der Waals surface area contributed by atoms with Gasteiger partial charge in [-0.3, -0.25) is 4.79 Å². The Kier molecular flexibility index (Phi) is 5.36. The van der Waals surface area contributed by atoms with Crippen LogP contribution in [0.1, 0.15) is 5.56 Å². The quantitative estimate of drug-likeness (QED) is 0.695. The number of nitrogens with one attached hydrogen (secondary N) is 1. The molecule has 0 bridgehead atoms. The lowest BCUT2D eigenvalue weighted by Crippen LogP contribution is -2.35. The third-order valence-corrected chi connectivity index (χ3v) is 4.14. The Morgan fingerprint density at radius 2 is 2.00 bits per heavy atom. The van der Waals surface area contributed by atoms with E-state index in [1.54, 1.807) is 7.11 Å². The third-order valence-electron chi connectivity index (χ3n) is 4.14. The molecule has 3 rings (SSSR count). The van der Waals surface area contributed by atoms with Crippen LogP contribution in [0.25, 0.3) is 10.9 Å². The van der Waals surface area contributed by atoms with Gasteiger partial charge < -0.3 is 19.7 Å². The number of hydrogen-bond donors (Lipinski definition) is 2. The second kappa shape index (κ2) is 7.85. The Morgan fingerprint density at radius 1 is 1.20 bits per heavy atom. The first kappa shape index (κ1) is 17.0. The van der Waals surface area contributed by atoms with E-state index in [9.17, 15) is 9.90 Å². The molecule has 5 heteroatoms. The van der Waals surface area contributed by atoms with Crippen LogP contribution in [0.3, 0.4) is 0 Å². The molecule has 1 heterocycles. The van der Waals surface area contributed by atoms with Crippen molar-refractivity contribution in [3.05, 3.63) is 66.4 Å². The van der Waals surface area contributed by atoms with Gasteiger partial charge in [-0.05, 0) is 29.8 Å². The number of ether oxygens (including phenoxy) is 1. The molecule has 0 saturated carbocycles. The molecule has 0 radical (unpaired) electrons. The van der Waals surface area contributed by atoms with Gasteiger partial charge in [-0.1, -0.05) is 30.3 Å². The predicted octanol–water partition coefficient (Wildman–Crippen LogP) is 2.37. The summed E-state index contributed by atoms with van der Waals surface area (Å²) in [5.74, 6) is 0.666. The van der Waals surface area contributed by atoms with Gasteiger partial charge in [0.2, 0.25) is 5.91 Å². The van der Waals surface area contributed by atoms with Crippen LogP contribution in [-0.2, 0) is 17.8 Å². The molecule has 1 atom stereocenters. The van der Waals surface area contributed by atoms with Crippen molar-refractivity contribution in [3.8, 4) is 5.75 Å². The van der Waals surface area contributed by atoms with Gasteiger partial charge in [0.05, 0.1) is 13.2 Å². The predicted molar refractivity (Wildman–Crippen MR) is 97.7 cm³/mol. The highest BCUT2D eigenvalue weighted by Crippen LogP contribution is 2.21. The van der Waals surface area contributed by atoms with E-state index in [-0.39, 0.29) is 19.0 Å². The first-order chi connectivity index (χ1) is 12.2. The van der Waals surface area contributed by atoms with E-state index in [0.717, 1.165) is 22.2 Å². The largest absolute Gasteiger partial charge is 0.497 e. The van der Waals surface area contributed by atoms with E-state index in [0.29, 0.717) is 6.42 Å². The van der Waals surface area contributed by atoms with Gasteiger partial charge in [-0.25, -0.2) is 0 Å². The van der Waals surface area contributed by atoms with Gasteiger partial charge in [-0.2, -0.15) is 0 Å². The molecule has 0 aliphatic rings. The Hall–Kier alpha value is -2.79. The number of carbonyl (C=O) groups excluding carboxylic acids is 1. The van der Waals surface area contributed by atoms with Gasteiger partial charge in [0, 0.05) is 30.1 Å². The fraction of sp³-hybridized carbons (Fsp3) is 0.250. The summed E-state index contributed by atoms with van der Waals surface area (Å²) in [6.07, 6.45) is 1.80. The first-order valence-corrected chi connectivity index (χ1v) is 8.27. The van der Waals surface area contributed by atoms with Crippen LogP contribution < -0.4 is 10.1 Å². The minimum absolute atomic E-state index is 0.125. The normalized spacial score (nSPS) is 12.1. The average Bonchev–Trinajstić information content (AvgIpc) is 3.03. The Bertz CT molecular complexity index is 843. The average molecular weight is 338 g/mol. The molecule has 1 unspecified atom stereocenters. The minimum Gasteiger partial charge on any atom is -0.497 e. The van der Waals surface area contributed by atoms with Crippen LogP contribution in [0.15, 0.2) is 60.8 Å². The number of hydrogen-bond acceptors (Lipinski definition) is 3. The molecule has 0 aliphatic carbocycles. The highest BCUT2D eigenvalue weighted by Gasteiger charge is 2.10. The number of rotatable bonds is 7. The van der Waals surface area contributed by atoms with Crippen molar-refractivity contribution >= 4 is 16.8 Å². The van der Waals surface area contributed by atoms with Crippen molar-refractivity contribution in [2.45, 2.75) is 19.1 Å². The maximum atomic E-state index is 12.2. The molecule has 25 heavy (non-hydrogen) atoms. The molecule has 0 saturated heterocycles. The molecular weight excluding hydrogens is 316 g/mol. The van der Waals surface area contributed by atoms with E-state index in [2.05, 4.69) is 5.32 Å². The van der Waals surface area contributed by atoms with E-state index in [1.165, 1.54) is 0 Å². The Balaban J connectivity index is 1.54. The van der Waals surface area contributed by atoms with Crippen LogP contribution in [0.4, 0.5) is 0 Å². The second-order valence-electron chi connectivity index (χ2n) is 6.02. The van der Waals surface area contributed by atoms with Crippen molar-refractivity contribution in [3.63, 3.8) is 0 Å². The molecule has 5 nitrogen and oxygen atoms in total. The number of nitrogens with zero attached hydrogens (tertiary/aromatic N) is 1. The van der Waals surface area contributed by atoms with Gasteiger partial charge >= 0.3 is 0 Å². The zero-order valence-corrected chi connectivity index (χ0v) is 14.2. The summed E-state index contributed by atoms with van der Waals surface area (Å²) in [7, 11) is 1.63. The summed E-state index contributed by atoms with van der Waals surface area (Å²) in [5, 5.41) is 13.9. The SMILES string of the molecule is COc1ccc2c(ccn2CC(=O)NCC(O)Cc2ccccc2)c1. The van der Waals surface area contributed by atoms with E-state index < -0.39 is 6.10 Å². The van der Waals surface area contributed by atoms with Gasteiger partial charge in [0.1, 0.15) is 12.3 Å². The number of amides is 1. The molecule has 0 fully saturated rings. The smallest absolute Gasteiger partial charge is 0.240 e. The van der Waals surface area contributed by atoms with E-state index in [4.69, 9.17) is 4.74 Å². The zero-order chi connectivity index (χ0) is 17.6. The molecule has 0 spiro atoms. The second-order valence-corrected chi connectivity index (χ2v) is 6.02. The fourth-order valence-corrected chi connectivity index (χ4v) is 2.84. The summed E-state index contributed by atoms with van der Waals surface area (Å²) >= 11 is 0. The number of fused-ring (bicyclic) bond motifs is 1. The topological polar surface area (TPSA) is 63.5 Å². The van der Waals surface area contributed by atoms with Crippen LogP contribution in [0.2, 0.25) is 0 Å². The fourth-order valence-electron chi connectivity index (χ4n) is 2.84. The maximum Gasteiger partial charge on any atom is 0.240 e. The summed E-state index contributed by atoms with van der Waals surface area (Å²) in [5.41, 5.74) is 2.02. The van der Waals surface area contributed by atoms with Crippen molar-refractivity contribution in [1.29, 1.82) is 0 Å². The number of aliphatic hydroxyl groups is 1. The maximum absolute atomic E-state index is 12.2. The van der Waals surface area contributed by atoms with Crippen molar-refractivity contribution < 1.29 is 14.6 Å². The Morgan fingerprint density at radius 3 is 2.76 bits per heavy atom. The molecule has 2 aromatic carbocycles. The summed E-state index contributed by atoms with van der Waals surface area (Å²) in [4.78, 5) is 12.2. The number of benzene rings is 2. The molecule has 1 amide bonds. The number of carbonyl (C=O) groups is 1. The van der Waals surface area contributed by atoms with Crippen molar-refractivity contribution in [2.75, 3.05) is 13.7 Å². The highest BCUT2D eigenvalue weighted by molar-refractivity contribution is 5.84. The van der Waals surface area contributed by atoms with Crippen LogP contribution >= 0.6 is 0 Å². The van der Waals surface area contributed by atoms with Crippen LogP contribution in [0.5, 0.6) is 5.75 Å². The minimum atomic E-state index is -0.600. The van der Waals surface area contributed by atoms with E-state index in [1.807, 2.05) is 65.4 Å². The standard InChI is InChI=1S/C20H22N2O3/c1-25-18-7-8-19-16(12-18)9-10-22(19)14-20(24)21-13-17(23)11-15-5-3-2-4-6-15/h2-10,12,17,23H,11,13-14H2,1H3,(H,21,24). The molecule has 3 aromatic rings. The molecule has 130 valence electrons. The summed E-state index contributed by atoms with van der Waals surface area (Å²) < 4.78 is 7.09. The molecule has 2 N–H and O–H groups in total. The highest BCUT2D eigenvalue weighted by atomic mass is 16.5. The van der Waals surface area contributed by atoms with Crippen molar-refractivity contribution in [1.82, 2.24) is 9.88 Å². The van der Waals surface area contributed by atoms with Gasteiger partial charge in [0.25, 0.3) is 0 Å². The van der Waals surface area contributed by atoms with Crippen LogP contribution in [-0.4, -0.2) is 35.3 Å². The van der Waals surface area contributed by atoms with Gasteiger partial charge in [0.15, 0.2) is 0 Å². The monoisotopic (exact) mass is 338 g/mol. The summed E-state index contributed by atoms with van der Waals surface area (Å²) in [6.45, 7) is 0.453. The van der Waals surface area contributed by atoms with E-state index >= 15 is 0 Å². The zero-order valence-electron chi connectivity index (χ0n) is 14.2. The van der Waals surface area contributed by atoms with Gasteiger partial charge in [-0.15, -0.1) is 0 Å². The Labute approximate surface area is 146 Å². The van der Waals surface area contributed by atoms with Crippen LogP contribution in [0, 0.1) is 0 Å². The lowest BCUT2D eigenvalue weighted by atomic mass is 10.1. The molecule has 1 aromatic heterocycles. The lowest BCUT2D eigenvalue weighted by molar-refractivity contribution is -0.122.